The van der Waals surface area contributed by atoms with Crippen molar-refractivity contribution < 1.29 is 0 Å². The van der Waals surface area contributed by atoms with Gasteiger partial charge in [0.1, 0.15) is 0 Å². The quantitative estimate of drug-likeness (QED) is 0.181. The van der Waals surface area contributed by atoms with Gasteiger partial charge in [-0.3, -0.25) is 0 Å². The van der Waals surface area contributed by atoms with Crippen LogP contribution in [0.25, 0.3) is 87.7 Å². The number of thiophene rings is 1. The lowest BCUT2D eigenvalue weighted by Gasteiger charge is -2.30. The Bertz CT molecular complexity index is 3210. The number of benzene rings is 8. The second-order valence-electron chi connectivity index (χ2n) is 14.6. The van der Waals surface area contributed by atoms with Gasteiger partial charge in [-0.25, -0.2) is 15.0 Å². The van der Waals surface area contributed by atoms with Gasteiger partial charge in [-0.1, -0.05) is 176 Å². The predicted molar refractivity (Wildman–Crippen MR) is 231 cm³/mol. The highest BCUT2D eigenvalue weighted by Gasteiger charge is 2.53. The minimum Gasteiger partial charge on any atom is -0.208 e. The first kappa shape index (κ1) is 31.4. The molecule has 0 aliphatic heterocycles. The van der Waals surface area contributed by atoms with Crippen molar-refractivity contribution in [1.29, 1.82) is 0 Å². The van der Waals surface area contributed by atoms with Gasteiger partial charge >= 0.3 is 0 Å². The van der Waals surface area contributed by atoms with Crippen LogP contribution in [-0.2, 0) is 5.41 Å². The van der Waals surface area contributed by atoms with E-state index in [1.807, 2.05) is 29.5 Å². The van der Waals surface area contributed by atoms with Crippen LogP contribution in [0.3, 0.4) is 0 Å². The third-order valence-electron chi connectivity index (χ3n) is 11.8. The average Bonchev–Trinajstić information content (AvgIpc) is 3.90. The lowest BCUT2D eigenvalue weighted by molar-refractivity contribution is 0.803. The summed E-state index contributed by atoms with van der Waals surface area (Å²) in [6.07, 6.45) is 0. The van der Waals surface area contributed by atoms with Crippen LogP contribution >= 0.6 is 11.3 Å². The Balaban J connectivity index is 1.11. The highest BCUT2D eigenvalue weighted by atomic mass is 32.1. The Kier molecular flexibility index (Phi) is 6.72. The van der Waals surface area contributed by atoms with Crippen LogP contribution < -0.4 is 0 Å². The van der Waals surface area contributed by atoms with Crippen LogP contribution in [0.5, 0.6) is 0 Å². The van der Waals surface area contributed by atoms with Gasteiger partial charge in [0.25, 0.3) is 0 Å². The Hall–Kier alpha value is -7.01. The number of hydrogen-bond acceptors (Lipinski definition) is 4. The third-order valence-corrected chi connectivity index (χ3v) is 13.0. The van der Waals surface area contributed by atoms with Gasteiger partial charge in [-0.15, -0.1) is 11.3 Å². The van der Waals surface area contributed by atoms with Crippen molar-refractivity contribution >= 4 is 32.2 Å². The summed E-state index contributed by atoms with van der Waals surface area (Å²) in [5.41, 5.74) is 14.0. The minimum atomic E-state index is -0.447. The summed E-state index contributed by atoms with van der Waals surface area (Å²) < 4.78 is 1.32. The van der Waals surface area contributed by atoms with Gasteiger partial charge in [0, 0.05) is 26.3 Å². The molecule has 8 aromatic carbocycles. The summed E-state index contributed by atoms with van der Waals surface area (Å²) in [4.78, 5) is 17.0. The van der Waals surface area contributed by atoms with E-state index >= 15 is 0 Å². The second kappa shape index (κ2) is 12.0. The largest absolute Gasteiger partial charge is 0.208 e. The highest BCUT2D eigenvalue weighted by Crippen LogP contribution is 2.66. The molecule has 0 saturated carbocycles. The van der Waals surface area contributed by atoms with E-state index in [0.29, 0.717) is 17.5 Å². The molecule has 2 aromatic heterocycles. The molecule has 0 fully saturated rings. The van der Waals surface area contributed by atoms with E-state index in [9.17, 15) is 0 Å². The van der Waals surface area contributed by atoms with Crippen molar-refractivity contribution in [3.8, 4) is 66.9 Å². The Morgan fingerprint density at radius 1 is 0.357 bits per heavy atom. The molecular formula is C52H31N3S. The fourth-order valence-electron chi connectivity index (χ4n) is 9.44. The number of nitrogens with zero attached hydrogens (tertiary/aromatic N) is 3. The van der Waals surface area contributed by atoms with Crippen LogP contribution in [0.1, 0.15) is 22.3 Å². The summed E-state index contributed by atoms with van der Waals surface area (Å²) in [7, 11) is 0. The SMILES string of the molecule is c1ccc(-c2nc(-c3ccccc3-c3ccc4c(c3)C3(c5ccccc5-4)c4ccccc4-c4sc5ccccc5c43)nc(-c3cccc4ccccc34)n2)cc1. The first-order valence-electron chi connectivity index (χ1n) is 19.0. The van der Waals surface area contributed by atoms with Crippen LogP contribution in [-0.4, -0.2) is 15.0 Å². The van der Waals surface area contributed by atoms with E-state index in [1.54, 1.807) is 0 Å². The first-order chi connectivity index (χ1) is 27.8. The van der Waals surface area contributed by atoms with E-state index in [1.165, 1.54) is 53.9 Å². The molecule has 56 heavy (non-hydrogen) atoms. The minimum absolute atomic E-state index is 0.447. The van der Waals surface area contributed by atoms with E-state index in [0.717, 1.165) is 38.6 Å². The summed E-state index contributed by atoms with van der Waals surface area (Å²) >= 11 is 1.92. The van der Waals surface area contributed by atoms with Crippen molar-refractivity contribution in [2.24, 2.45) is 0 Å². The molecule has 10 aromatic rings. The molecule has 260 valence electrons. The molecule has 0 amide bonds. The molecule has 0 bridgehead atoms. The smallest absolute Gasteiger partial charge is 0.164 e. The zero-order valence-electron chi connectivity index (χ0n) is 30.1. The standard InChI is InChI=1S/C52H31N3S/c1-2-16-33(17-3-1)49-53-50(55-51(54-49)40-25-14-18-32-15-4-5-19-35(32)40)39-22-7-6-20-36(39)34-29-30-38-37-21-8-11-26-43(37)52(45(38)31-34)44-27-12-9-23-41(44)48-47(52)42-24-10-13-28-46(42)56-48/h1-31H. The third kappa shape index (κ3) is 4.36. The van der Waals surface area contributed by atoms with Crippen LogP contribution in [0.2, 0.25) is 0 Å². The molecule has 1 atom stereocenters. The van der Waals surface area contributed by atoms with E-state index in [2.05, 4.69) is 170 Å². The van der Waals surface area contributed by atoms with Gasteiger partial charge in [0.2, 0.25) is 0 Å². The molecule has 1 spiro atoms. The molecule has 2 aliphatic rings. The van der Waals surface area contributed by atoms with Crippen molar-refractivity contribution in [3.63, 3.8) is 0 Å². The molecule has 12 rings (SSSR count). The van der Waals surface area contributed by atoms with Gasteiger partial charge in [-0.2, -0.15) is 0 Å². The highest BCUT2D eigenvalue weighted by molar-refractivity contribution is 7.22. The van der Waals surface area contributed by atoms with Crippen LogP contribution in [0.4, 0.5) is 0 Å². The average molecular weight is 730 g/mol. The van der Waals surface area contributed by atoms with Gasteiger partial charge in [-0.05, 0) is 78.4 Å². The maximum atomic E-state index is 5.28. The number of aromatic nitrogens is 3. The topological polar surface area (TPSA) is 38.7 Å². The van der Waals surface area contributed by atoms with Crippen molar-refractivity contribution in [2.45, 2.75) is 5.41 Å². The lowest BCUT2D eigenvalue weighted by Crippen LogP contribution is -2.25. The van der Waals surface area contributed by atoms with E-state index < -0.39 is 5.41 Å². The number of rotatable bonds is 4. The van der Waals surface area contributed by atoms with E-state index in [-0.39, 0.29) is 0 Å². The number of hydrogen-bond donors (Lipinski definition) is 0. The van der Waals surface area contributed by atoms with Crippen LogP contribution in [0, 0.1) is 0 Å². The van der Waals surface area contributed by atoms with Crippen molar-refractivity contribution in [2.75, 3.05) is 0 Å². The summed E-state index contributed by atoms with van der Waals surface area (Å²) in [6.45, 7) is 0. The maximum absolute atomic E-state index is 5.28. The zero-order chi connectivity index (χ0) is 36.8. The summed E-state index contributed by atoms with van der Waals surface area (Å²) in [5.74, 6) is 1.95. The van der Waals surface area contributed by atoms with Gasteiger partial charge < -0.3 is 0 Å². The molecular weight excluding hydrogens is 699 g/mol. The van der Waals surface area contributed by atoms with Crippen molar-refractivity contribution in [1.82, 2.24) is 15.0 Å². The van der Waals surface area contributed by atoms with E-state index in [4.69, 9.17) is 15.0 Å². The second-order valence-corrected chi connectivity index (χ2v) is 15.7. The summed E-state index contributed by atoms with van der Waals surface area (Å²) in [6, 6.07) is 67.7. The molecule has 2 heterocycles. The normalized spacial score (nSPS) is 14.9. The lowest BCUT2D eigenvalue weighted by atomic mass is 9.70. The molecule has 0 N–H and O–H groups in total. The fraction of sp³-hybridized carbons (Fsp3) is 0.0192. The Morgan fingerprint density at radius 3 is 1.77 bits per heavy atom. The molecule has 1 unspecified atom stereocenters. The van der Waals surface area contributed by atoms with Crippen molar-refractivity contribution in [3.05, 3.63) is 210 Å². The molecule has 0 saturated heterocycles. The maximum Gasteiger partial charge on any atom is 0.164 e. The monoisotopic (exact) mass is 729 g/mol. The summed E-state index contributed by atoms with van der Waals surface area (Å²) in [5, 5.41) is 3.59. The van der Waals surface area contributed by atoms with Gasteiger partial charge in [0.05, 0.1) is 5.41 Å². The zero-order valence-corrected chi connectivity index (χ0v) is 31.0. The molecule has 4 heteroatoms. The molecule has 2 aliphatic carbocycles. The first-order valence-corrected chi connectivity index (χ1v) is 19.8. The van der Waals surface area contributed by atoms with Crippen LogP contribution in [0.15, 0.2) is 188 Å². The molecule has 3 nitrogen and oxygen atoms in total. The van der Waals surface area contributed by atoms with Gasteiger partial charge in [0.15, 0.2) is 17.5 Å². The Labute approximate surface area is 328 Å². The number of fused-ring (bicyclic) bond motifs is 13. The Morgan fingerprint density at radius 2 is 0.929 bits per heavy atom. The molecule has 0 radical (unpaired) electrons. The fourth-order valence-corrected chi connectivity index (χ4v) is 10.7. The predicted octanol–water partition coefficient (Wildman–Crippen LogP) is 13.3.